The van der Waals surface area contributed by atoms with Crippen molar-refractivity contribution in [2.45, 2.75) is 24.9 Å². The lowest BCUT2D eigenvalue weighted by Crippen LogP contribution is -2.41. The van der Waals surface area contributed by atoms with Gasteiger partial charge in [0.2, 0.25) is 17.6 Å². The molecule has 0 aromatic heterocycles. The molecule has 38 heavy (non-hydrogen) atoms. The molecule has 0 spiro atoms. The van der Waals surface area contributed by atoms with Gasteiger partial charge in [0.25, 0.3) is 0 Å². The van der Waals surface area contributed by atoms with E-state index in [4.69, 9.17) is 4.74 Å². The lowest BCUT2D eigenvalue weighted by atomic mass is 9.55. The molecule has 2 bridgehead atoms. The zero-order valence-electron chi connectivity index (χ0n) is 20.8. The molecule has 3 atom stereocenters. The van der Waals surface area contributed by atoms with Crippen molar-refractivity contribution in [3.05, 3.63) is 131 Å². The van der Waals surface area contributed by atoms with E-state index in [0.717, 1.165) is 22.3 Å². The summed E-state index contributed by atoms with van der Waals surface area (Å²) in [6.07, 6.45) is -0.793. The topological polar surface area (TPSA) is 63.7 Å². The summed E-state index contributed by atoms with van der Waals surface area (Å²) in [5.41, 5.74) is 5.46. The lowest BCUT2D eigenvalue weighted by Gasteiger charge is -2.45. The molecule has 1 heterocycles. The van der Waals surface area contributed by atoms with E-state index in [9.17, 15) is 14.4 Å². The molecular formula is C33H25NO4. The first-order chi connectivity index (χ1) is 18.6. The van der Waals surface area contributed by atoms with E-state index in [1.54, 1.807) is 43.3 Å². The van der Waals surface area contributed by atoms with Gasteiger partial charge in [-0.1, -0.05) is 91.0 Å². The number of imide groups is 1. The molecule has 1 fully saturated rings. The fraction of sp³-hybridized carbons (Fsp3) is 0.182. The molecule has 4 aliphatic rings. The highest BCUT2D eigenvalue weighted by Crippen LogP contribution is 2.61. The summed E-state index contributed by atoms with van der Waals surface area (Å²) in [4.78, 5) is 42.6. The maximum absolute atomic E-state index is 14.1. The van der Waals surface area contributed by atoms with Crippen molar-refractivity contribution in [1.82, 2.24) is 0 Å². The maximum atomic E-state index is 14.1. The van der Waals surface area contributed by atoms with E-state index >= 15 is 0 Å². The van der Waals surface area contributed by atoms with Crippen LogP contribution in [0.1, 0.15) is 51.4 Å². The second-order valence-electron chi connectivity index (χ2n) is 10.2. The van der Waals surface area contributed by atoms with E-state index in [0.29, 0.717) is 17.0 Å². The number of carbonyl (C=O) groups is 3. The number of ether oxygens (including phenoxy) is 1. The van der Waals surface area contributed by atoms with Gasteiger partial charge in [-0.3, -0.25) is 14.4 Å². The Balaban J connectivity index is 1.28. The third-order valence-electron chi connectivity index (χ3n) is 8.29. The summed E-state index contributed by atoms with van der Waals surface area (Å²) in [6, 6.07) is 32.3. The van der Waals surface area contributed by atoms with Crippen LogP contribution >= 0.6 is 0 Å². The van der Waals surface area contributed by atoms with Crippen molar-refractivity contribution >= 4 is 23.3 Å². The van der Waals surface area contributed by atoms with E-state index in [-0.39, 0.29) is 29.4 Å². The number of anilines is 1. The predicted molar refractivity (Wildman–Crippen MR) is 143 cm³/mol. The Morgan fingerprint density at radius 3 is 1.63 bits per heavy atom. The van der Waals surface area contributed by atoms with Crippen molar-refractivity contribution in [3.8, 4) is 5.75 Å². The quantitative estimate of drug-likeness (QED) is 0.260. The lowest BCUT2D eigenvalue weighted by molar-refractivity contribution is -0.122. The van der Waals surface area contributed by atoms with Gasteiger partial charge < -0.3 is 4.74 Å². The minimum Gasteiger partial charge on any atom is -0.480 e. The molecule has 0 radical (unpaired) electrons. The highest BCUT2D eigenvalue weighted by atomic mass is 16.5. The Labute approximate surface area is 220 Å². The smallest absolute Gasteiger partial charge is 0.238 e. The summed E-state index contributed by atoms with van der Waals surface area (Å²) < 4.78 is 6.12. The van der Waals surface area contributed by atoms with Gasteiger partial charge in [-0.15, -0.1) is 0 Å². The van der Waals surface area contributed by atoms with E-state index in [1.807, 2.05) is 42.5 Å². The van der Waals surface area contributed by atoms with Crippen LogP contribution < -0.4 is 9.64 Å². The van der Waals surface area contributed by atoms with Crippen LogP contribution in [0.3, 0.4) is 0 Å². The van der Waals surface area contributed by atoms with E-state index in [1.165, 1.54) is 4.90 Å². The third-order valence-corrected chi connectivity index (χ3v) is 8.29. The summed E-state index contributed by atoms with van der Waals surface area (Å²) in [7, 11) is 0. The standard InChI is InChI=1S/C33H25NO4/c1-19(31(35)20-11-3-2-4-12-20)38-26-18-10-9-17-25(26)34-32(36)29-27-21-13-5-6-14-22(21)28(30(29)33(34)37)24-16-8-7-15-23(24)27/h2-19,27-30H,1H3/t19-,27?,28?,29-,30+/m0/s1. The molecule has 2 amide bonds. The number of hydrogen-bond acceptors (Lipinski definition) is 4. The van der Waals surface area contributed by atoms with Gasteiger partial charge in [0.1, 0.15) is 5.75 Å². The highest BCUT2D eigenvalue weighted by molar-refractivity contribution is 6.24. The monoisotopic (exact) mass is 499 g/mol. The Bertz CT molecular complexity index is 1490. The van der Waals surface area contributed by atoms with Crippen LogP contribution in [-0.2, 0) is 9.59 Å². The number of ketones is 1. The van der Waals surface area contributed by atoms with Crippen molar-refractivity contribution in [2.24, 2.45) is 11.8 Å². The molecule has 5 nitrogen and oxygen atoms in total. The molecule has 0 N–H and O–H groups in total. The van der Waals surface area contributed by atoms with E-state index < -0.39 is 17.9 Å². The van der Waals surface area contributed by atoms with E-state index in [2.05, 4.69) is 24.3 Å². The molecule has 186 valence electrons. The highest BCUT2D eigenvalue weighted by Gasteiger charge is 2.62. The number of hydrogen-bond donors (Lipinski definition) is 0. The van der Waals surface area contributed by atoms with Crippen LogP contribution in [-0.4, -0.2) is 23.7 Å². The molecular weight excluding hydrogens is 474 g/mol. The van der Waals surface area contributed by atoms with Gasteiger partial charge >= 0.3 is 0 Å². The number of Topliss-reactive ketones (excluding diaryl/α,β-unsaturated/α-hetero) is 1. The first-order valence-electron chi connectivity index (χ1n) is 13.0. The second-order valence-corrected chi connectivity index (χ2v) is 10.2. The number of nitrogens with zero attached hydrogens (tertiary/aromatic N) is 1. The average molecular weight is 500 g/mol. The number of rotatable bonds is 5. The molecule has 1 aliphatic heterocycles. The van der Waals surface area contributed by atoms with Gasteiger partial charge in [-0.05, 0) is 41.3 Å². The Morgan fingerprint density at radius 1 is 0.658 bits per heavy atom. The summed E-state index contributed by atoms with van der Waals surface area (Å²) in [6.45, 7) is 1.69. The summed E-state index contributed by atoms with van der Waals surface area (Å²) >= 11 is 0. The fourth-order valence-electron chi connectivity index (χ4n) is 6.74. The van der Waals surface area contributed by atoms with Gasteiger partial charge in [-0.2, -0.15) is 0 Å². The molecule has 0 unspecified atom stereocenters. The molecule has 4 aromatic carbocycles. The third kappa shape index (κ3) is 3.14. The molecule has 5 heteroatoms. The van der Waals surface area contributed by atoms with Crippen LogP contribution in [0.4, 0.5) is 5.69 Å². The summed E-state index contributed by atoms with van der Waals surface area (Å²) in [5.74, 6) is -1.56. The van der Waals surface area contributed by atoms with Crippen LogP contribution in [0, 0.1) is 11.8 Å². The van der Waals surface area contributed by atoms with Crippen molar-refractivity contribution in [2.75, 3.05) is 4.90 Å². The average Bonchev–Trinajstić information content (AvgIpc) is 3.23. The van der Waals surface area contributed by atoms with Crippen LogP contribution in [0.2, 0.25) is 0 Å². The maximum Gasteiger partial charge on any atom is 0.238 e. The number of para-hydroxylation sites is 2. The van der Waals surface area contributed by atoms with Gasteiger partial charge in [0.15, 0.2) is 6.10 Å². The molecule has 3 aliphatic carbocycles. The van der Waals surface area contributed by atoms with Gasteiger partial charge in [0, 0.05) is 17.4 Å². The largest absolute Gasteiger partial charge is 0.480 e. The molecule has 1 saturated heterocycles. The zero-order valence-corrected chi connectivity index (χ0v) is 20.8. The normalized spacial score (nSPS) is 23.4. The Morgan fingerprint density at radius 2 is 1.11 bits per heavy atom. The minimum atomic E-state index is -0.793. The first kappa shape index (κ1) is 22.7. The SMILES string of the molecule is C[C@H](Oc1ccccc1N1C(=O)[C@@H]2C3c4ccccc4C(c4ccccc43)[C@@H]2C1=O)C(=O)c1ccccc1. The molecule has 8 rings (SSSR count). The number of benzene rings is 4. The first-order valence-corrected chi connectivity index (χ1v) is 13.0. The van der Waals surface area contributed by atoms with Gasteiger partial charge in [-0.25, -0.2) is 4.90 Å². The minimum absolute atomic E-state index is 0.169. The van der Waals surface area contributed by atoms with Crippen molar-refractivity contribution < 1.29 is 19.1 Å². The fourth-order valence-corrected chi connectivity index (χ4v) is 6.74. The Hall–Kier alpha value is -4.51. The van der Waals surface area contributed by atoms with Crippen LogP contribution in [0.25, 0.3) is 0 Å². The van der Waals surface area contributed by atoms with Crippen molar-refractivity contribution in [1.29, 1.82) is 0 Å². The Kier molecular flexibility index (Phi) is 5.08. The zero-order chi connectivity index (χ0) is 26.0. The number of amides is 2. The molecule has 4 aromatic rings. The predicted octanol–water partition coefficient (Wildman–Crippen LogP) is 5.73. The molecule has 0 saturated carbocycles. The van der Waals surface area contributed by atoms with Gasteiger partial charge in [0.05, 0.1) is 17.5 Å². The van der Waals surface area contributed by atoms with Crippen molar-refractivity contribution in [3.63, 3.8) is 0 Å². The second kappa shape index (κ2) is 8.52. The number of carbonyl (C=O) groups excluding carboxylic acids is 3. The van der Waals surface area contributed by atoms with Crippen LogP contribution in [0.5, 0.6) is 5.75 Å². The summed E-state index contributed by atoms with van der Waals surface area (Å²) in [5, 5.41) is 0. The van der Waals surface area contributed by atoms with Crippen LogP contribution in [0.15, 0.2) is 103 Å².